The standard InChI is InChI=1S/C16H20N2O2/c19-16-14(11-4-2-1-3-5-11)17-10-18(16)13-8-9-20-15(13)12-6-7-12/h1-5,12-15,17H,6-10H2. The van der Waals surface area contributed by atoms with Crippen LogP contribution in [0.4, 0.5) is 0 Å². The van der Waals surface area contributed by atoms with E-state index in [9.17, 15) is 4.79 Å². The van der Waals surface area contributed by atoms with Gasteiger partial charge < -0.3 is 9.64 Å². The van der Waals surface area contributed by atoms with Gasteiger partial charge in [-0.15, -0.1) is 0 Å². The third-order valence-corrected chi connectivity index (χ3v) is 4.72. The lowest BCUT2D eigenvalue weighted by Crippen LogP contribution is -2.43. The van der Waals surface area contributed by atoms with E-state index in [2.05, 4.69) is 5.32 Å². The molecule has 0 aromatic heterocycles. The molecule has 4 nitrogen and oxygen atoms in total. The molecule has 1 saturated carbocycles. The third kappa shape index (κ3) is 2.03. The maximum absolute atomic E-state index is 12.7. The molecular formula is C16H20N2O2. The molecule has 0 spiro atoms. The zero-order chi connectivity index (χ0) is 13.5. The lowest BCUT2D eigenvalue weighted by atomic mass is 10.0. The van der Waals surface area contributed by atoms with Gasteiger partial charge in [0.1, 0.15) is 6.04 Å². The number of nitrogens with zero attached hydrogens (tertiary/aromatic N) is 1. The first-order chi connectivity index (χ1) is 9.84. The first-order valence-electron chi connectivity index (χ1n) is 7.55. The van der Waals surface area contributed by atoms with Crippen LogP contribution in [0.5, 0.6) is 0 Å². The average Bonchev–Trinajstić information content (AvgIpc) is 3.09. The van der Waals surface area contributed by atoms with Crippen molar-refractivity contribution in [2.24, 2.45) is 5.92 Å². The van der Waals surface area contributed by atoms with Crippen LogP contribution in [-0.2, 0) is 9.53 Å². The molecule has 1 amide bonds. The van der Waals surface area contributed by atoms with Crippen LogP contribution < -0.4 is 5.32 Å². The highest BCUT2D eigenvalue weighted by Crippen LogP contribution is 2.41. The van der Waals surface area contributed by atoms with Gasteiger partial charge in [0, 0.05) is 6.61 Å². The first-order valence-corrected chi connectivity index (χ1v) is 7.55. The van der Waals surface area contributed by atoms with Gasteiger partial charge in [0.2, 0.25) is 5.91 Å². The van der Waals surface area contributed by atoms with E-state index in [4.69, 9.17) is 4.74 Å². The average molecular weight is 272 g/mol. The van der Waals surface area contributed by atoms with E-state index in [0.717, 1.165) is 18.6 Å². The van der Waals surface area contributed by atoms with Gasteiger partial charge in [0.05, 0.1) is 18.8 Å². The van der Waals surface area contributed by atoms with Crippen molar-refractivity contribution < 1.29 is 9.53 Å². The molecule has 4 heteroatoms. The predicted molar refractivity (Wildman–Crippen MR) is 74.9 cm³/mol. The van der Waals surface area contributed by atoms with Crippen LogP contribution in [0.1, 0.15) is 30.9 Å². The van der Waals surface area contributed by atoms with Crippen molar-refractivity contribution in [1.82, 2.24) is 10.2 Å². The summed E-state index contributed by atoms with van der Waals surface area (Å²) in [4.78, 5) is 14.7. The predicted octanol–water partition coefficient (Wildman–Crippen LogP) is 1.68. The quantitative estimate of drug-likeness (QED) is 0.910. The molecule has 1 aliphatic carbocycles. The highest BCUT2D eigenvalue weighted by atomic mass is 16.5. The molecule has 3 aliphatic rings. The number of hydrogen-bond acceptors (Lipinski definition) is 3. The number of ether oxygens (including phenoxy) is 1. The zero-order valence-corrected chi connectivity index (χ0v) is 11.5. The topological polar surface area (TPSA) is 41.6 Å². The Bertz CT molecular complexity index is 500. The molecule has 4 rings (SSSR count). The van der Waals surface area contributed by atoms with Gasteiger partial charge in [-0.3, -0.25) is 10.1 Å². The van der Waals surface area contributed by atoms with Gasteiger partial charge in [-0.25, -0.2) is 0 Å². The summed E-state index contributed by atoms with van der Waals surface area (Å²) in [7, 11) is 0. The van der Waals surface area contributed by atoms with E-state index in [0.29, 0.717) is 12.6 Å². The Balaban J connectivity index is 1.52. The molecule has 20 heavy (non-hydrogen) atoms. The van der Waals surface area contributed by atoms with E-state index in [1.165, 1.54) is 12.8 Å². The Morgan fingerprint density at radius 2 is 1.95 bits per heavy atom. The second-order valence-corrected chi connectivity index (χ2v) is 6.04. The van der Waals surface area contributed by atoms with E-state index in [1.54, 1.807) is 0 Å². The fourth-order valence-electron chi connectivity index (χ4n) is 3.52. The Morgan fingerprint density at radius 3 is 2.70 bits per heavy atom. The SMILES string of the molecule is O=C1C(c2ccccc2)NCN1C1CCOC1C1CC1. The summed E-state index contributed by atoms with van der Waals surface area (Å²) in [6.45, 7) is 1.45. The Labute approximate surface area is 119 Å². The summed E-state index contributed by atoms with van der Waals surface area (Å²) in [5.41, 5.74) is 1.06. The summed E-state index contributed by atoms with van der Waals surface area (Å²) in [5.74, 6) is 0.892. The Morgan fingerprint density at radius 1 is 1.15 bits per heavy atom. The minimum atomic E-state index is -0.184. The monoisotopic (exact) mass is 272 g/mol. The maximum Gasteiger partial charge on any atom is 0.245 e. The number of hydrogen-bond donors (Lipinski definition) is 1. The number of carbonyl (C=O) groups excluding carboxylic acids is 1. The van der Waals surface area contributed by atoms with Gasteiger partial charge in [-0.1, -0.05) is 30.3 Å². The van der Waals surface area contributed by atoms with Crippen LogP contribution in [0.2, 0.25) is 0 Å². The number of rotatable bonds is 3. The Kier molecular flexibility index (Phi) is 3.00. The van der Waals surface area contributed by atoms with Gasteiger partial charge in [-0.2, -0.15) is 0 Å². The molecule has 3 atom stereocenters. The normalized spacial score (nSPS) is 33.9. The van der Waals surface area contributed by atoms with Crippen LogP contribution in [0.15, 0.2) is 30.3 Å². The van der Waals surface area contributed by atoms with Gasteiger partial charge in [-0.05, 0) is 30.7 Å². The molecule has 106 valence electrons. The maximum atomic E-state index is 12.7. The minimum Gasteiger partial charge on any atom is -0.376 e. The van der Waals surface area contributed by atoms with Crippen LogP contribution in [-0.4, -0.2) is 36.2 Å². The van der Waals surface area contributed by atoms with Crippen LogP contribution in [0, 0.1) is 5.92 Å². The summed E-state index contributed by atoms with van der Waals surface area (Å²) in [5, 5.41) is 3.35. The van der Waals surface area contributed by atoms with Gasteiger partial charge in [0.25, 0.3) is 0 Å². The summed E-state index contributed by atoms with van der Waals surface area (Å²) in [6, 6.07) is 10.1. The molecule has 0 bridgehead atoms. The highest BCUT2D eigenvalue weighted by molar-refractivity contribution is 5.85. The molecule has 3 unspecified atom stereocenters. The van der Waals surface area contributed by atoms with Crippen molar-refractivity contribution in [3.05, 3.63) is 35.9 Å². The molecule has 1 N–H and O–H groups in total. The van der Waals surface area contributed by atoms with Crippen LogP contribution >= 0.6 is 0 Å². The van der Waals surface area contributed by atoms with Crippen molar-refractivity contribution in [3.8, 4) is 0 Å². The van der Waals surface area contributed by atoms with Crippen molar-refractivity contribution in [2.45, 2.75) is 37.5 Å². The van der Waals surface area contributed by atoms with Gasteiger partial charge in [0.15, 0.2) is 0 Å². The summed E-state index contributed by atoms with van der Waals surface area (Å²) in [6.07, 6.45) is 3.78. The van der Waals surface area contributed by atoms with E-state index in [-0.39, 0.29) is 24.1 Å². The number of carbonyl (C=O) groups is 1. The number of nitrogens with one attached hydrogen (secondary N) is 1. The number of benzene rings is 1. The minimum absolute atomic E-state index is 0.184. The van der Waals surface area contributed by atoms with Gasteiger partial charge >= 0.3 is 0 Å². The van der Waals surface area contributed by atoms with E-state index in [1.807, 2.05) is 35.2 Å². The molecule has 1 aromatic carbocycles. The molecule has 2 saturated heterocycles. The van der Waals surface area contributed by atoms with Crippen molar-refractivity contribution in [2.75, 3.05) is 13.3 Å². The molecular weight excluding hydrogens is 252 g/mol. The smallest absolute Gasteiger partial charge is 0.245 e. The lowest BCUT2D eigenvalue weighted by Gasteiger charge is -2.27. The van der Waals surface area contributed by atoms with Crippen molar-refractivity contribution in [3.63, 3.8) is 0 Å². The highest BCUT2D eigenvalue weighted by Gasteiger charge is 2.47. The second-order valence-electron chi connectivity index (χ2n) is 6.04. The van der Waals surface area contributed by atoms with Crippen LogP contribution in [0.25, 0.3) is 0 Å². The zero-order valence-electron chi connectivity index (χ0n) is 11.5. The Hall–Kier alpha value is -1.39. The van der Waals surface area contributed by atoms with Crippen LogP contribution in [0.3, 0.4) is 0 Å². The first kappa shape index (κ1) is 12.4. The van der Waals surface area contributed by atoms with Crippen molar-refractivity contribution in [1.29, 1.82) is 0 Å². The molecule has 2 heterocycles. The molecule has 1 aromatic rings. The van der Waals surface area contributed by atoms with E-state index < -0.39 is 0 Å². The molecule has 2 aliphatic heterocycles. The fourth-order valence-corrected chi connectivity index (χ4v) is 3.52. The summed E-state index contributed by atoms with van der Waals surface area (Å²) < 4.78 is 5.87. The molecule has 3 fully saturated rings. The largest absolute Gasteiger partial charge is 0.376 e. The third-order valence-electron chi connectivity index (χ3n) is 4.72. The lowest BCUT2D eigenvalue weighted by molar-refractivity contribution is -0.132. The van der Waals surface area contributed by atoms with Crippen molar-refractivity contribution >= 4 is 5.91 Å². The summed E-state index contributed by atoms with van der Waals surface area (Å²) >= 11 is 0. The number of amides is 1. The molecule has 0 radical (unpaired) electrons. The second kappa shape index (κ2) is 4.86. The fraction of sp³-hybridized carbons (Fsp3) is 0.562. The van der Waals surface area contributed by atoms with E-state index >= 15 is 0 Å².